The molecule has 0 amide bonds. The van der Waals surface area contributed by atoms with E-state index in [9.17, 15) is 0 Å². The molecule has 0 spiro atoms. The van der Waals surface area contributed by atoms with Gasteiger partial charge < -0.3 is 0 Å². The zero-order chi connectivity index (χ0) is 8.27. The Bertz CT molecular complexity index is 286. The Hall–Kier alpha value is -1.43. The Kier molecular flexibility index (Phi) is 2.17. The number of nitriles is 1. The lowest BCUT2D eigenvalue weighted by Crippen LogP contribution is -1.96. The van der Waals surface area contributed by atoms with E-state index >= 15 is 0 Å². The van der Waals surface area contributed by atoms with Gasteiger partial charge in [0.2, 0.25) is 0 Å². The second kappa shape index (κ2) is 3.11. The van der Waals surface area contributed by atoms with E-state index in [0.717, 1.165) is 5.56 Å². The highest BCUT2D eigenvalue weighted by Gasteiger charge is 2.05. The zero-order valence-corrected chi connectivity index (χ0v) is 6.57. The first-order chi connectivity index (χ1) is 5.25. The SMILES string of the molecule is CC(C)c1cncnc1C#N. The lowest BCUT2D eigenvalue weighted by atomic mass is 10.0. The molecule has 0 atom stereocenters. The van der Waals surface area contributed by atoms with E-state index in [-0.39, 0.29) is 0 Å². The lowest BCUT2D eigenvalue weighted by molar-refractivity contribution is 0.838. The standard InChI is InChI=1S/C8H9N3/c1-6(2)7-4-10-5-11-8(7)3-9/h4-6H,1-2H3. The molecule has 0 aliphatic rings. The van der Waals surface area contributed by atoms with E-state index in [1.165, 1.54) is 6.33 Å². The second-order valence-electron chi connectivity index (χ2n) is 2.59. The molecule has 1 heterocycles. The number of aromatic nitrogens is 2. The summed E-state index contributed by atoms with van der Waals surface area (Å²) in [5.74, 6) is 0.311. The first kappa shape index (κ1) is 7.67. The van der Waals surface area contributed by atoms with Gasteiger partial charge in [0.25, 0.3) is 0 Å². The summed E-state index contributed by atoms with van der Waals surface area (Å²) in [6, 6.07) is 2.03. The van der Waals surface area contributed by atoms with Crippen LogP contribution in [0.4, 0.5) is 0 Å². The van der Waals surface area contributed by atoms with Gasteiger partial charge in [-0.1, -0.05) is 13.8 Å². The summed E-state index contributed by atoms with van der Waals surface area (Å²) in [6.07, 6.45) is 3.08. The van der Waals surface area contributed by atoms with Gasteiger partial charge in [-0.3, -0.25) is 0 Å². The van der Waals surface area contributed by atoms with Crippen molar-refractivity contribution >= 4 is 0 Å². The molecular formula is C8H9N3. The molecule has 0 saturated heterocycles. The van der Waals surface area contributed by atoms with Crippen molar-refractivity contribution in [3.63, 3.8) is 0 Å². The van der Waals surface area contributed by atoms with Crippen molar-refractivity contribution in [1.82, 2.24) is 9.97 Å². The lowest BCUT2D eigenvalue weighted by Gasteiger charge is -2.03. The Morgan fingerprint density at radius 1 is 1.55 bits per heavy atom. The van der Waals surface area contributed by atoms with Gasteiger partial charge in [0.15, 0.2) is 0 Å². The number of rotatable bonds is 1. The topological polar surface area (TPSA) is 49.6 Å². The monoisotopic (exact) mass is 147 g/mol. The fourth-order valence-corrected chi connectivity index (χ4v) is 0.856. The summed E-state index contributed by atoms with van der Waals surface area (Å²) in [4.78, 5) is 7.70. The summed E-state index contributed by atoms with van der Waals surface area (Å²) in [5, 5.41) is 8.63. The smallest absolute Gasteiger partial charge is 0.147 e. The van der Waals surface area contributed by atoms with Gasteiger partial charge >= 0.3 is 0 Å². The van der Waals surface area contributed by atoms with Crippen LogP contribution in [-0.2, 0) is 0 Å². The summed E-state index contributed by atoms with van der Waals surface area (Å²) in [5.41, 5.74) is 1.39. The van der Waals surface area contributed by atoms with Crippen LogP contribution in [0.15, 0.2) is 12.5 Å². The quantitative estimate of drug-likeness (QED) is 0.604. The summed E-state index contributed by atoms with van der Waals surface area (Å²) in [7, 11) is 0. The highest BCUT2D eigenvalue weighted by atomic mass is 14.8. The van der Waals surface area contributed by atoms with Crippen molar-refractivity contribution in [3.05, 3.63) is 23.8 Å². The molecule has 1 rings (SSSR count). The van der Waals surface area contributed by atoms with E-state index < -0.39 is 0 Å². The van der Waals surface area contributed by atoms with Crippen molar-refractivity contribution in [2.45, 2.75) is 19.8 Å². The van der Waals surface area contributed by atoms with Gasteiger partial charge in [0.05, 0.1) is 0 Å². The van der Waals surface area contributed by atoms with E-state index in [0.29, 0.717) is 11.6 Å². The van der Waals surface area contributed by atoms with Crippen LogP contribution < -0.4 is 0 Å². The van der Waals surface area contributed by atoms with Crippen molar-refractivity contribution in [1.29, 1.82) is 5.26 Å². The van der Waals surface area contributed by atoms with Gasteiger partial charge in [-0.2, -0.15) is 5.26 Å². The highest BCUT2D eigenvalue weighted by Crippen LogP contribution is 2.14. The largest absolute Gasteiger partial charge is 0.244 e. The molecule has 0 aliphatic carbocycles. The van der Waals surface area contributed by atoms with Crippen LogP contribution in [0.1, 0.15) is 31.0 Å². The Morgan fingerprint density at radius 3 is 2.73 bits per heavy atom. The Labute approximate surface area is 65.7 Å². The molecule has 1 aromatic heterocycles. The maximum Gasteiger partial charge on any atom is 0.147 e. The summed E-state index contributed by atoms with van der Waals surface area (Å²) >= 11 is 0. The van der Waals surface area contributed by atoms with E-state index in [4.69, 9.17) is 5.26 Å². The third kappa shape index (κ3) is 1.53. The molecule has 0 radical (unpaired) electrons. The highest BCUT2D eigenvalue weighted by molar-refractivity contribution is 5.30. The van der Waals surface area contributed by atoms with Crippen LogP contribution in [0.25, 0.3) is 0 Å². The van der Waals surface area contributed by atoms with Crippen LogP contribution in [-0.4, -0.2) is 9.97 Å². The molecule has 3 heteroatoms. The molecule has 0 bridgehead atoms. The van der Waals surface area contributed by atoms with E-state index in [1.54, 1.807) is 6.20 Å². The average molecular weight is 147 g/mol. The van der Waals surface area contributed by atoms with Crippen LogP contribution in [0, 0.1) is 11.3 Å². The van der Waals surface area contributed by atoms with E-state index in [1.807, 2.05) is 19.9 Å². The minimum absolute atomic E-state index is 0.311. The molecular weight excluding hydrogens is 138 g/mol. The molecule has 0 fully saturated rings. The van der Waals surface area contributed by atoms with Crippen LogP contribution in [0.5, 0.6) is 0 Å². The van der Waals surface area contributed by atoms with E-state index in [2.05, 4.69) is 9.97 Å². The summed E-state index contributed by atoms with van der Waals surface area (Å²) < 4.78 is 0. The van der Waals surface area contributed by atoms with Crippen molar-refractivity contribution in [2.75, 3.05) is 0 Å². The van der Waals surface area contributed by atoms with Crippen molar-refractivity contribution in [3.8, 4) is 6.07 Å². The predicted octanol–water partition coefficient (Wildman–Crippen LogP) is 1.47. The molecule has 1 aromatic rings. The molecule has 0 aliphatic heterocycles. The minimum Gasteiger partial charge on any atom is -0.244 e. The fourth-order valence-electron chi connectivity index (χ4n) is 0.856. The van der Waals surface area contributed by atoms with Gasteiger partial charge in [0.1, 0.15) is 18.1 Å². The van der Waals surface area contributed by atoms with Gasteiger partial charge in [-0.15, -0.1) is 0 Å². The maximum atomic E-state index is 8.63. The number of hydrogen-bond acceptors (Lipinski definition) is 3. The number of hydrogen-bond donors (Lipinski definition) is 0. The summed E-state index contributed by atoms with van der Waals surface area (Å²) in [6.45, 7) is 4.03. The van der Waals surface area contributed by atoms with Crippen molar-refractivity contribution < 1.29 is 0 Å². The van der Waals surface area contributed by atoms with Crippen LogP contribution in [0.3, 0.4) is 0 Å². The third-order valence-corrected chi connectivity index (χ3v) is 1.47. The zero-order valence-electron chi connectivity index (χ0n) is 6.57. The number of nitrogens with zero attached hydrogens (tertiary/aromatic N) is 3. The van der Waals surface area contributed by atoms with Crippen LogP contribution in [0.2, 0.25) is 0 Å². The molecule has 0 N–H and O–H groups in total. The van der Waals surface area contributed by atoms with Gasteiger partial charge in [0, 0.05) is 11.8 Å². The third-order valence-electron chi connectivity index (χ3n) is 1.47. The predicted molar refractivity (Wildman–Crippen MR) is 40.8 cm³/mol. The molecule has 0 unspecified atom stereocenters. The molecule has 3 nitrogen and oxygen atoms in total. The van der Waals surface area contributed by atoms with Crippen LogP contribution >= 0.6 is 0 Å². The molecule has 0 saturated carbocycles. The van der Waals surface area contributed by atoms with Crippen molar-refractivity contribution in [2.24, 2.45) is 0 Å². The minimum atomic E-state index is 0.311. The first-order valence-corrected chi connectivity index (χ1v) is 3.45. The first-order valence-electron chi connectivity index (χ1n) is 3.45. The fraction of sp³-hybridized carbons (Fsp3) is 0.375. The van der Waals surface area contributed by atoms with Gasteiger partial charge in [-0.05, 0) is 5.92 Å². The molecule has 0 aromatic carbocycles. The average Bonchev–Trinajstić information content (AvgIpc) is 2.04. The normalized spacial score (nSPS) is 9.64. The van der Waals surface area contributed by atoms with Gasteiger partial charge in [-0.25, -0.2) is 9.97 Å². The Balaban J connectivity index is 3.15. The maximum absolute atomic E-state index is 8.63. The molecule has 56 valence electrons. The Morgan fingerprint density at radius 2 is 2.27 bits per heavy atom. The molecule has 11 heavy (non-hydrogen) atoms. The second-order valence-corrected chi connectivity index (χ2v) is 2.59.